The quantitative estimate of drug-likeness (QED) is 0.540. The lowest BCUT2D eigenvalue weighted by atomic mass is 10.1. The van der Waals surface area contributed by atoms with Gasteiger partial charge in [0.2, 0.25) is 5.91 Å². The molecule has 0 aliphatic carbocycles. The molecule has 2 amide bonds. The summed E-state index contributed by atoms with van der Waals surface area (Å²) >= 11 is 0. The molecule has 1 atom stereocenters. The highest BCUT2D eigenvalue weighted by atomic mass is 19.4. The molecule has 0 aliphatic heterocycles. The van der Waals surface area contributed by atoms with Crippen LogP contribution >= 0.6 is 0 Å². The fraction of sp³-hybridized carbons (Fsp3) is 0.500. The molecule has 8 heteroatoms. The van der Waals surface area contributed by atoms with Gasteiger partial charge in [-0.3, -0.25) is 9.59 Å². The molecule has 0 bridgehead atoms. The number of carbonyl (C=O) groups is 2. The molecule has 2 rings (SSSR count). The van der Waals surface area contributed by atoms with Crippen molar-refractivity contribution in [3.63, 3.8) is 0 Å². The predicted octanol–water partition coefficient (Wildman–Crippen LogP) is 4.97. The summed E-state index contributed by atoms with van der Waals surface area (Å²) in [5, 5.41) is 0. The van der Waals surface area contributed by atoms with Crippen molar-refractivity contribution in [3.05, 3.63) is 59.4 Å². The van der Waals surface area contributed by atoms with Crippen LogP contribution in [0.5, 0.6) is 0 Å². The van der Waals surface area contributed by atoms with Crippen LogP contribution in [0.15, 0.2) is 42.6 Å². The summed E-state index contributed by atoms with van der Waals surface area (Å²) in [6.07, 6.45) is -2.08. The van der Waals surface area contributed by atoms with E-state index < -0.39 is 17.6 Å². The normalized spacial score (nSPS) is 12.7. The summed E-state index contributed by atoms with van der Waals surface area (Å²) < 4.78 is 41.3. The zero-order valence-corrected chi connectivity index (χ0v) is 19.3. The first-order valence-electron chi connectivity index (χ1n) is 10.8. The Morgan fingerprint density at radius 2 is 1.78 bits per heavy atom. The summed E-state index contributed by atoms with van der Waals surface area (Å²) in [5.41, 5.74) is -0.00650. The Hall–Kier alpha value is -2.77. The fourth-order valence-electron chi connectivity index (χ4n) is 3.44. The maximum absolute atomic E-state index is 13.3. The number of aromatic nitrogens is 1. The van der Waals surface area contributed by atoms with Crippen LogP contribution in [0.3, 0.4) is 0 Å². The Morgan fingerprint density at radius 3 is 2.31 bits per heavy atom. The number of carbonyl (C=O) groups excluding carboxylic acids is 2. The van der Waals surface area contributed by atoms with Gasteiger partial charge in [-0.15, -0.1) is 0 Å². The van der Waals surface area contributed by atoms with Crippen molar-refractivity contribution in [2.45, 2.75) is 52.9 Å². The first-order chi connectivity index (χ1) is 14.9. The van der Waals surface area contributed by atoms with Crippen LogP contribution in [0.2, 0.25) is 0 Å². The molecule has 0 fully saturated rings. The number of benzene rings is 1. The highest BCUT2D eigenvalue weighted by Gasteiger charge is 2.32. The maximum Gasteiger partial charge on any atom is 0.416 e. The molecular weight excluding hydrogens is 419 g/mol. The summed E-state index contributed by atoms with van der Waals surface area (Å²) in [6, 6.07) is 7.87. The van der Waals surface area contributed by atoms with E-state index in [0.717, 1.165) is 17.8 Å². The molecule has 176 valence electrons. The number of halogens is 3. The zero-order valence-electron chi connectivity index (χ0n) is 19.3. The number of hydrogen-bond acceptors (Lipinski definition) is 2. The first kappa shape index (κ1) is 25.5. The lowest BCUT2D eigenvalue weighted by molar-refractivity contribution is -0.137. The maximum atomic E-state index is 13.3. The predicted molar refractivity (Wildman–Crippen MR) is 118 cm³/mol. The summed E-state index contributed by atoms with van der Waals surface area (Å²) in [4.78, 5) is 29.5. The number of amides is 2. The van der Waals surface area contributed by atoms with Crippen molar-refractivity contribution >= 4 is 11.8 Å². The van der Waals surface area contributed by atoms with E-state index in [0.29, 0.717) is 19.5 Å². The Kier molecular flexibility index (Phi) is 8.52. The lowest BCUT2D eigenvalue weighted by Gasteiger charge is -2.32. The Balaban J connectivity index is 2.29. The first-order valence-corrected chi connectivity index (χ1v) is 10.8. The van der Waals surface area contributed by atoms with Crippen molar-refractivity contribution in [2.75, 3.05) is 13.1 Å². The van der Waals surface area contributed by atoms with Gasteiger partial charge < -0.3 is 14.4 Å². The van der Waals surface area contributed by atoms with E-state index in [1.54, 1.807) is 11.8 Å². The highest BCUT2D eigenvalue weighted by Crippen LogP contribution is 2.30. The van der Waals surface area contributed by atoms with Crippen molar-refractivity contribution in [3.8, 4) is 0 Å². The van der Waals surface area contributed by atoms with Crippen molar-refractivity contribution in [1.29, 1.82) is 0 Å². The third-order valence-electron chi connectivity index (χ3n) is 5.47. The van der Waals surface area contributed by atoms with Gasteiger partial charge >= 0.3 is 6.18 Å². The molecule has 0 spiro atoms. The Morgan fingerprint density at radius 1 is 1.09 bits per heavy atom. The Bertz CT molecular complexity index is 921. The minimum Gasteiger partial charge on any atom is -0.353 e. The van der Waals surface area contributed by atoms with E-state index in [4.69, 9.17) is 0 Å². The van der Waals surface area contributed by atoms with Crippen LogP contribution in [-0.4, -0.2) is 45.3 Å². The Labute approximate surface area is 187 Å². The lowest BCUT2D eigenvalue weighted by Crippen LogP contribution is -2.47. The molecule has 1 aromatic heterocycles. The smallest absolute Gasteiger partial charge is 0.353 e. The molecule has 2 aromatic rings. The topological polar surface area (TPSA) is 45.6 Å². The van der Waals surface area contributed by atoms with E-state index >= 15 is 0 Å². The van der Waals surface area contributed by atoms with Crippen LogP contribution in [-0.2, 0) is 24.6 Å². The van der Waals surface area contributed by atoms with Crippen molar-refractivity contribution in [1.82, 2.24) is 14.4 Å². The molecule has 32 heavy (non-hydrogen) atoms. The third kappa shape index (κ3) is 6.61. The SMILES string of the molecule is CCC(C)N(CC(=O)N(Cc1cccn1C)CC(C)C)C(=O)c1cccc(C(F)(F)F)c1. The second-order valence-corrected chi connectivity index (χ2v) is 8.55. The molecule has 5 nitrogen and oxygen atoms in total. The van der Waals surface area contributed by atoms with Gasteiger partial charge in [0.05, 0.1) is 12.1 Å². The second-order valence-electron chi connectivity index (χ2n) is 8.55. The molecule has 1 heterocycles. The van der Waals surface area contributed by atoms with E-state index in [-0.39, 0.29) is 30.0 Å². The molecule has 0 saturated carbocycles. The van der Waals surface area contributed by atoms with Gasteiger partial charge in [-0.25, -0.2) is 0 Å². The number of rotatable bonds is 9. The number of alkyl halides is 3. The summed E-state index contributed by atoms with van der Waals surface area (Å²) in [5.74, 6) is -0.599. The molecule has 0 N–H and O–H groups in total. The van der Waals surface area contributed by atoms with Crippen molar-refractivity contribution < 1.29 is 22.8 Å². The van der Waals surface area contributed by atoms with Gasteiger partial charge in [-0.1, -0.05) is 26.8 Å². The monoisotopic (exact) mass is 451 g/mol. The van der Waals surface area contributed by atoms with Gasteiger partial charge in [-0.2, -0.15) is 13.2 Å². The van der Waals surface area contributed by atoms with Gasteiger partial charge in [0.1, 0.15) is 6.54 Å². The number of nitrogens with zero attached hydrogens (tertiary/aromatic N) is 3. The van der Waals surface area contributed by atoms with Crippen LogP contribution in [0.1, 0.15) is 55.7 Å². The zero-order chi connectivity index (χ0) is 24.1. The molecule has 1 unspecified atom stereocenters. The third-order valence-corrected chi connectivity index (χ3v) is 5.47. The van der Waals surface area contributed by atoms with E-state index in [9.17, 15) is 22.8 Å². The van der Waals surface area contributed by atoms with E-state index in [2.05, 4.69) is 0 Å². The van der Waals surface area contributed by atoms with E-state index in [1.165, 1.54) is 17.0 Å². The average Bonchev–Trinajstić information content (AvgIpc) is 3.13. The van der Waals surface area contributed by atoms with Gasteiger partial charge in [-0.05, 0) is 49.6 Å². The number of aryl methyl sites for hydroxylation is 1. The second kappa shape index (κ2) is 10.7. The minimum atomic E-state index is -4.55. The van der Waals surface area contributed by atoms with Crippen LogP contribution < -0.4 is 0 Å². The van der Waals surface area contributed by atoms with Gasteiger partial charge in [0.25, 0.3) is 5.91 Å². The molecule has 1 aromatic carbocycles. The minimum absolute atomic E-state index is 0.0780. The highest BCUT2D eigenvalue weighted by molar-refractivity contribution is 5.97. The van der Waals surface area contributed by atoms with Crippen molar-refractivity contribution in [2.24, 2.45) is 13.0 Å². The molecule has 0 aliphatic rings. The van der Waals surface area contributed by atoms with Gasteiger partial charge in [0, 0.05) is 37.1 Å². The molecule has 0 saturated heterocycles. The van der Waals surface area contributed by atoms with Gasteiger partial charge in [0.15, 0.2) is 0 Å². The van der Waals surface area contributed by atoms with Crippen LogP contribution in [0, 0.1) is 5.92 Å². The summed E-state index contributed by atoms with van der Waals surface area (Å²) in [7, 11) is 1.90. The van der Waals surface area contributed by atoms with Crippen LogP contribution in [0.4, 0.5) is 13.2 Å². The molecular formula is C24H32F3N3O2. The standard InChI is InChI=1S/C24H32F3N3O2/c1-6-18(4)30(23(32)19-9-7-10-20(13-19)24(25,26)27)16-22(31)29(14-17(2)3)15-21-11-8-12-28(21)5/h7-13,17-18H,6,14-16H2,1-5H3. The van der Waals surface area contributed by atoms with Crippen LogP contribution in [0.25, 0.3) is 0 Å². The summed E-state index contributed by atoms with van der Waals surface area (Å²) in [6.45, 7) is 8.39. The molecule has 0 radical (unpaired) electrons. The largest absolute Gasteiger partial charge is 0.416 e. The fourth-order valence-corrected chi connectivity index (χ4v) is 3.44. The average molecular weight is 452 g/mol. The number of hydrogen-bond donors (Lipinski definition) is 0. The van der Waals surface area contributed by atoms with E-state index in [1.807, 2.05) is 50.7 Å².